The molecule has 2 amide bonds. The molecule has 0 aliphatic rings. The van der Waals surface area contributed by atoms with Crippen molar-refractivity contribution in [3.05, 3.63) is 35.4 Å². The fourth-order valence-electron chi connectivity index (χ4n) is 2.94. The van der Waals surface area contributed by atoms with Crippen molar-refractivity contribution in [1.29, 1.82) is 0 Å². The number of benzene rings is 1. The quantitative estimate of drug-likeness (QED) is 0.403. The van der Waals surface area contributed by atoms with Gasteiger partial charge in [-0.25, -0.2) is 4.79 Å². The lowest BCUT2D eigenvalue weighted by Gasteiger charge is -2.18. The van der Waals surface area contributed by atoms with Gasteiger partial charge in [0, 0.05) is 25.4 Å². The van der Waals surface area contributed by atoms with Crippen LogP contribution in [0.3, 0.4) is 0 Å². The van der Waals surface area contributed by atoms with Crippen molar-refractivity contribution in [1.82, 2.24) is 10.6 Å². The van der Waals surface area contributed by atoms with Gasteiger partial charge in [0.25, 0.3) is 0 Å². The Kier molecular flexibility index (Phi) is 12.2. The number of carbonyl (C=O) groups is 5. The van der Waals surface area contributed by atoms with Crippen LogP contribution in [0, 0.1) is 5.92 Å². The van der Waals surface area contributed by atoms with Crippen LogP contribution in [0.15, 0.2) is 24.3 Å². The molecular weight excluding hydrogens is 464 g/mol. The third-order valence-corrected chi connectivity index (χ3v) is 6.81. The minimum atomic E-state index is -1.26. The van der Waals surface area contributed by atoms with Crippen molar-refractivity contribution >= 4 is 51.5 Å². The lowest BCUT2D eigenvalue weighted by Crippen LogP contribution is -2.44. The molecule has 10 heteroatoms. The van der Waals surface area contributed by atoms with E-state index in [1.54, 1.807) is 6.92 Å². The lowest BCUT2D eigenvalue weighted by molar-refractivity contribution is -0.140. The number of hydrogen-bond donors (Lipinski definition) is 3. The molecule has 2 unspecified atom stereocenters. The Hall–Kier alpha value is -2.33. The first-order valence-corrected chi connectivity index (χ1v) is 12.6. The van der Waals surface area contributed by atoms with Crippen LogP contribution in [-0.4, -0.2) is 56.7 Å². The molecule has 3 atom stereocenters. The molecular formula is C23H32N2O6S2. The number of carboxylic acids is 1. The highest BCUT2D eigenvalue weighted by molar-refractivity contribution is 8.15. The van der Waals surface area contributed by atoms with Crippen molar-refractivity contribution < 1.29 is 29.1 Å². The molecule has 3 N–H and O–H groups in total. The van der Waals surface area contributed by atoms with Gasteiger partial charge in [0.15, 0.2) is 5.12 Å². The number of aliphatic carboxylic acids is 1. The van der Waals surface area contributed by atoms with Crippen LogP contribution in [0.5, 0.6) is 0 Å². The second kappa shape index (κ2) is 14.0. The Bertz CT molecular complexity index is 857. The Balaban J connectivity index is 2.73. The molecule has 0 saturated heterocycles. The standard InChI is InChI=1S/C23H32N2O6S2/c1-13(2)10-17-6-8-18(9-7-17)14(3)22(30)32-12-20(25-16(5)27)23(31)33-11-19(21(28)29)24-15(4)26/h6-9,13-14,19-20H,10-12H2,1-5H3,(H,24,26)(H,25,27)(H,28,29)/t14-,19?,20?/m0/s1. The maximum Gasteiger partial charge on any atom is 0.327 e. The summed E-state index contributed by atoms with van der Waals surface area (Å²) >= 11 is 1.64. The third-order valence-electron chi connectivity index (χ3n) is 4.60. The van der Waals surface area contributed by atoms with Gasteiger partial charge >= 0.3 is 5.97 Å². The average Bonchev–Trinajstić information content (AvgIpc) is 2.72. The van der Waals surface area contributed by atoms with Gasteiger partial charge in [-0.2, -0.15) is 0 Å². The van der Waals surface area contributed by atoms with Gasteiger partial charge in [0.1, 0.15) is 12.1 Å². The normalized spacial score (nSPS) is 13.6. The summed E-state index contributed by atoms with van der Waals surface area (Å²) < 4.78 is 0. The van der Waals surface area contributed by atoms with Gasteiger partial charge < -0.3 is 15.7 Å². The molecule has 0 aliphatic heterocycles. The van der Waals surface area contributed by atoms with Gasteiger partial charge in [0.2, 0.25) is 16.9 Å². The summed E-state index contributed by atoms with van der Waals surface area (Å²) in [6.07, 6.45) is 0.959. The van der Waals surface area contributed by atoms with E-state index in [1.165, 1.54) is 19.4 Å². The zero-order chi connectivity index (χ0) is 25.1. The minimum Gasteiger partial charge on any atom is -0.480 e. The fraction of sp³-hybridized carbons (Fsp3) is 0.522. The largest absolute Gasteiger partial charge is 0.480 e. The Morgan fingerprint density at radius 1 is 0.818 bits per heavy atom. The second-order valence-corrected chi connectivity index (χ2v) is 10.2. The topological polar surface area (TPSA) is 130 Å². The second-order valence-electron chi connectivity index (χ2n) is 8.17. The van der Waals surface area contributed by atoms with E-state index in [0.29, 0.717) is 17.7 Å². The molecule has 0 fully saturated rings. The van der Waals surface area contributed by atoms with E-state index >= 15 is 0 Å². The maximum absolute atomic E-state index is 12.7. The first-order chi connectivity index (χ1) is 15.4. The number of carboxylic acid groups (broad SMARTS) is 1. The van der Waals surface area contributed by atoms with Gasteiger partial charge in [-0.15, -0.1) is 0 Å². The molecule has 33 heavy (non-hydrogen) atoms. The molecule has 0 heterocycles. The maximum atomic E-state index is 12.7. The van der Waals surface area contributed by atoms with E-state index in [1.807, 2.05) is 24.3 Å². The fourth-order valence-corrected chi connectivity index (χ4v) is 4.90. The zero-order valence-electron chi connectivity index (χ0n) is 19.5. The van der Waals surface area contributed by atoms with E-state index < -0.39 is 35.0 Å². The van der Waals surface area contributed by atoms with Crippen LogP contribution in [0.4, 0.5) is 0 Å². The highest BCUT2D eigenvalue weighted by Crippen LogP contribution is 2.24. The summed E-state index contributed by atoms with van der Waals surface area (Å²) in [6.45, 7) is 8.52. The van der Waals surface area contributed by atoms with Crippen LogP contribution in [0.2, 0.25) is 0 Å². The van der Waals surface area contributed by atoms with Gasteiger partial charge in [-0.3, -0.25) is 19.2 Å². The summed E-state index contributed by atoms with van der Waals surface area (Å²) in [5.41, 5.74) is 2.07. The van der Waals surface area contributed by atoms with Crippen LogP contribution in [0.25, 0.3) is 0 Å². The molecule has 0 aromatic heterocycles. The van der Waals surface area contributed by atoms with Gasteiger partial charge in [-0.05, 0) is 23.5 Å². The van der Waals surface area contributed by atoms with E-state index in [-0.39, 0.29) is 22.5 Å². The Morgan fingerprint density at radius 3 is 1.79 bits per heavy atom. The van der Waals surface area contributed by atoms with Crippen LogP contribution >= 0.6 is 23.5 Å². The first-order valence-electron chi connectivity index (χ1n) is 10.6. The van der Waals surface area contributed by atoms with Crippen molar-refractivity contribution in [2.24, 2.45) is 5.92 Å². The summed E-state index contributed by atoms with van der Waals surface area (Å²) in [4.78, 5) is 59.2. The average molecular weight is 497 g/mol. The summed E-state index contributed by atoms with van der Waals surface area (Å²) in [6, 6.07) is 5.69. The highest BCUT2D eigenvalue weighted by Gasteiger charge is 2.26. The molecule has 1 rings (SSSR count). The zero-order valence-corrected chi connectivity index (χ0v) is 21.2. The van der Waals surface area contributed by atoms with Crippen molar-refractivity contribution in [3.8, 4) is 0 Å². The number of thioether (sulfide) groups is 2. The molecule has 182 valence electrons. The number of rotatable bonds is 12. The molecule has 0 radical (unpaired) electrons. The van der Waals surface area contributed by atoms with E-state index in [0.717, 1.165) is 23.7 Å². The van der Waals surface area contributed by atoms with Gasteiger partial charge in [0.05, 0.1) is 5.92 Å². The third kappa shape index (κ3) is 10.9. The van der Waals surface area contributed by atoms with E-state index in [4.69, 9.17) is 5.11 Å². The molecule has 1 aromatic carbocycles. The van der Waals surface area contributed by atoms with Crippen molar-refractivity contribution in [3.63, 3.8) is 0 Å². The van der Waals surface area contributed by atoms with Crippen molar-refractivity contribution in [2.45, 2.75) is 59.0 Å². The summed E-state index contributed by atoms with van der Waals surface area (Å²) in [5, 5.41) is 13.3. The number of nitrogens with one attached hydrogen (secondary N) is 2. The lowest BCUT2D eigenvalue weighted by atomic mass is 9.97. The molecule has 0 saturated carbocycles. The molecule has 8 nitrogen and oxygen atoms in total. The SMILES string of the molecule is CC(=O)NC(CSC(=O)C(CSC(=O)[C@@H](C)c1ccc(CC(C)C)cc1)NC(C)=O)C(=O)O. The van der Waals surface area contributed by atoms with Crippen LogP contribution in [0.1, 0.15) is 51.7 Å². The van der Waals surface area contributed by atoms with Crippen molar-refractivity contribution in [2.75, 3.05) is 11.5 Å². The smallest absolute Gasteiger partial charge is 0.327 e. The highest BCUT2D eigenvalue weighted by atomic mass is 32.2. The Labute approximate surface area is 203 Å². The molecule has 0 spiro atoms. The monoisotopic (exact) mass is 496 g/mol. The van der Waals surface area contributed by atoms with Gasteiger partial charge in [-0.1, -0.05) is 68.6 Å². The predicted molar refractivity (Wildman–Crippen MR) is 131 cm³/mol. The number of amides is 2. The van der Waals surface area contributed by atoms with Crippen LogP contribution < -0.4 is 10.6 Å². The number of hydrogen-bond acceptors (Lipinski definition) is 7. The predicted octanol–water partition coefficient (Wildman–Crippen LogP) is 2.60. The first kappa shape index (κ1) is 28.7. The Morgan fingerprint density at radius 2 is 1.30 bits per heavy atom. The van der Waals surface area contributed by atoms with E-state index in [9.17, 15) is 24.0 Å². The number of carbonyl (C=O) groups excluding carboxylic acids is 4. The summed E-state index contributed by atoms with van der Waals surface area (Å²) in [5.74, 6) is -2.25. The van der Waals surface area contributed by atoms with E-state index in [2.05, 4.69) is 24.5 Å². The van der Waals surface area contributed by atoms with Crippen LogP contribution in [-0.2, 0) is 30.4 Å². The molecule has 0 aliphatic carbocycles. The molecule has 0 bridgehead atoms. The molecule has 1 aromatic rings. The minimum absolute atomic E-state index is 0.0257. The summed E-state index contributed by atoms with van der Waals surface area (Å²) in [7, 11) is 0.